The SMILES string of the molecule is Cc1noc(C)c1CNc1nnc(CCN)o1. The van der Waals surface area contributed by atoms with E-state index < -0.39 is 0 Å². The van der Waals surface area contributed by atoms with Crippen LogP contribution in [0.5, 0.6) is 0 Å². The molecule has 7 heteroatoms. The maximum Gasteiger partial charge on any atom is 0.315 e. The smallest absolute Gasteiger partial charge is 0.315 e. The first kappa shape index (κ1) is 11.6. The monoisotopic (exact) mass is 237 g/mol. The van der Waals surface area contributed by atoms with Gasteiger partial charge in [-0.15, -0.1) is 5.10 Å². The predicted molar refractivity (Wildman–Crippen MR) is 60.4 cm³/mol. The number of hydrogen-bond donors (Lipinski definition) is 2. The van der Waals surface area contributed by atoms with Crippen molar-refractivity contribution in [2.45, 2.75) is 26.8 Å². The van der Waals surface area contributed by atoms with E-state index in [9.17, 15) is 0 Å². The van der Waals surface area contributed by atoms with Gasteiger partial charge >= 0.3 is 6.01 Å². The molecule has 2 heterocycles. The molecule has 0 saturated heterocycles. The second-order valence-corrected chi connectivity index (χ2v) is 3.70. The Morgan fingerprint density at radius 3 is 2.76 bits per heavy atom. The normalized spacial score (nSPS) is 10.8. The van der Waals surface area contributed by atoms with Crippen LogP contribution in [0.1, 0.15) is 22.9 Å². The summed E-state index contributed by atoms with van der Waals surface area (Å²) in [6.45, 7) is 4.79. The summed E-state index contributed by atoms with van der Waals surface area (Å²) >= 11 is 0. The number of hydrogen-bond acceptors (Lipinski definition) is 7. The number of rotatable bonds is 5. The Hall–Kier alpha value is -1.89. The molecule has 0 aliphatic carbocycles. The molecule has 0 fully saturated rings. The van der Waals surface area contributed by atoms with E-state index in [0.29, 0.717) is 31.4 Å². The van der Waals surface area contributed by atoms with Crippen molar-refractivity contribution in [1.29, 1.82) is 0 Å². The van der Waals surface area contributed by atoms with E-state index in [1.54, 1.807) is 0 Å². The molecule has 17 heavy (non-hydrogen) atoms. The van der Waals surface area contributed by atoms with Gasteiger partial charge in [0.1, 0.15) is 5.76 Å². The van der Waals surface area contributed by atoms with Crippen LogP contribution in [0.15, 0.2) is 8.94 Å². The van der Waals surface area contributed by atoms with Gasteiger partial charge in [0.25, 0.3) is 0 Å². The van der Waals surface area contributed by atoms with E-state index in [1.807, 2.05) is 13.8 Å². The summed E-state index contributed by atoms with van der Waals surface area (Å²) in [4.78, 5) is 0. The van der Waals surface area contributed by atoms with Gasteiger partial charge in [0.2, 0.25) is 5.89 Å². The summed E-state index contributed by atoms with van der Waals surface area (Å²) in [5.74, 6) is 1.32. The minimum atomic E-state index is 0.383. The average Bonchev–Trinajstić information content (AvgIpc) is 2.86. The van der Waals surface area contributed by atoms with Crippen LogP contribution in [0, 0.1) is 13.8 Å². The second-order valence-electron chi connectivity index (χ2n) is 3.70. The standard InChI is InChI=1S/C10H15N5O2/c1-6-8(7(2)17-15-6)5-12-10-14-13-9(16-10)3-4-11/h3-5,11H2,1-2H3,(H,12,14). The third kappa shape index (κ3) is 2.62. The summed E-state index contributed by atoms with van der Waals surface area (Å²) in [6, 6.07) is 0.383. The van der Waals surface area contributed by atoms with Crippen molar-refractivity contribution < 1.29 is 8.94 Å². The summed E-state index contributed by atoms with van der Waals surface area (Å²) in [5, 5.41) is 14.6. The number of nitrogens with one attached hydrogen (secondary N) is 1. The molecule has 2 rings (SSSR count). The van der Waals surface area contributed by atoms with Gasteiger partial charge in [-0.2, -0.15) is 0 Å². The minimum absolute atomic E-state index is 0.383. The first-order valence-corrected chi connectivity index (χ1v) is 5.38. The van der Waals surface area contributed by atoms with Crippen molar-refractivity contribution >= 4 is 6.01 Å². The maximum atomic E-state index is 5.39. The molecule has 0 spiro atoms. The van der Waals surface area contributed by atoms with Crippen LogP contribution in [0.25, 0.3) is 0 Å². The predicted octanol–water partition coefficient (Wildman–Crippen LogP) is 0.788. The quantitative estimate of drug-likeness (QED) is 0.792. The molecule has 0 amide bonds. The van der Waals surface area contributed by atoms with E-state index in [1.165, 1.54) is 0 Å². The van der Waals surface area contributed by atoms with Crippen LogP contribution < -0.4 is 11.1 Å². The molecule has 92 valence electrons. The zero-order valence-electron chi connectivity index (χ0n) is 9.86. The lowest BCUT2D eigenvalue weighted by Crippen LogP contribution is -2.02. The molecule has 0 unspecified atom stereocenters. The highest BCUT2D eigenvalue weighted by Gasteiger charge is 2.10. The van der Waals surface area contributed by atoms with Crippen LogP contribution in [0.2, 0.25) is 0 Å². The van der Waals surface area contributed by atoms with Crippen molar-refractivity contribution in [2.75, 3.05) is 11.9 Å². The molecule has 7 nitrogen and oxygen atoms in total. The van der Waals surface area contributed by atoms with Gasteiger partial charge < -0.3 is 20.0 Å². The van der Waals surface area contributed by atoms with Gasteiger partial charge in [-0.25, -0.2) is 0 Å². The van der Waals surface area contributed by atoms with E-state index in [2.05, 4.69) is 20.7 Å². The fraction of sp³-hybridized carbons (Fsp3) is 0.500. The minimum Gasteiger partial charge on any atom is -0.408 e. The van der Waals surface area contributed by atoms with E-state index in [4.69, 9.17) is 14.7 Å². The molecular weight excluding hydrogens is 222 g/mol. The average molecular weight is 237 g/mol. The zero-order valence-corrected chi connectivity index (χ0v) is 9.86. The fourth-order valence-electron chi connectivity index (χ4n) is 1.47. The van der Waals surface area contributed by atoms with Gasteiger partial charge in [0.05, 0.1) is 5.69 Å². The summed E-state index contributed by atoms with van der Waals surface area (Å²) in [6.07, 6.45) is 0.583. The first-order chi connectivity index (χ1) is 8.20. The summed E-state index contributed by atoms with van der Waals surface area (Å²) in [5.41, 5.74) is 7.25. The molecule has 2 aromatic heterocycles. The summed E-state index contributed by atoms with van der Waals surface area (Å²) < 4.78 is 10.4. The van der Waals surface area contributed by atoms with E-state index >= 15 is 0 Å². The highest BCUT2D eigenvalue weighted by atomic mass is 16.5. The lowest BCUT2D eigenvalue weighted by atomic mass is 10.2. The molecule has 0 bridgehead atoms. The lowest BCUT2D eigenvalue weighted by molar-refractivity contribution is 0.392. The lowest BCUT2D eigenvalue weighted by Gasteiger charge is -1.99. The molecule has 0 aliphatic rings. The highest BCUT2D eigenvalue weighted by molar-refractivity contribution is 5.27. The van der Waals surface area contributed by atoms with Crippen LogP contribution >= 0.6 is 0 Å². The van der Waals surface area contributed by atoms with Crippen LogP contribution in [-0.2, 0) is 13.0 Å². The molecule has 0 aromatic carbocycles. The Morgan fingerprint density at radius 2 is 2.12 bits per heavy atom. The maximum absolute atomic E-state index is 5.39. The first-order valence-electron chi connectivity index (χ1n) is 5.38. The topological polar surface area (TPSA) is 103 Å². The Bertz CT molecular complexity index is 471. The molecule has 0 radical (unpaired) electrons. The van der Waals surface area contributed by atoms with Crippen molar-refractivity contribution in [3.63, 3.8) is 0 Å². The molecule has 0 saturated carbocycles. The fourth-order valence-corrected chi connectivity index (χ4v) is 1.47. The van der Waals surface area contributed by atoms with Gasteiger partial charge in [0.15, 0.2) is 0 Å². The van der Waals surface area contributed by atoms with Crippen molar-refractivity contribution in [3.05, 3.63) is 22.9 Å². The molecule has 0 atom stereocenters. The van der Waals surface area contributed by atoms with Crippen molar-refractivity contribution in [1.82, 2.24) is 15.4 Å². The molecule has 0 aliphatic heterocycles. The molecular formula is C10H15N5O2. The Balaban J connectivity index is 1.97. The number of nitrogens with two attached hydrogens (primary N) is 1. The summed E-state index contributed by atoms with van der Waals surface area (Å²) in [7, 11) is 0. The molecule has 3 N–H and O–H groups in total. The number of aromatic nitrogens is 3. The third-order valence-corrected chi connectivity index (χ3v) is 2.42. The number of anilines is 1. The zero-order chi connectivity index (χ0) is 12.3. The van der Waals surface area contributed by atoms with Gasteiger partial charge in [-0.05, 0) is 13.8 Å². The number of aryl methyl sites for hydroxylation is 2. The Labute approximate surface area is 98.4 Å². The van der Waals surface area contributed by atoms with Gasteiger partial charge in [-0.1, -0.05) is 10.3 Å². The Kier molecular flexibility index (Phi) is 3.38. The van der Waals surface area contributed by atoms with Gasteiger partial charge in [-0.3, -0.25) is 0 Å². The largest absolute Gasteiger partial charge is 0.408 e. The molecule has 2 aromatic rings. The van der Waals surface area contributed by atoms with Crippen LogP contribution in [0.4, 0.5) is 6.01 Å². The highest BCUT2D eigenvalue weighted by Crippen LogP contribution is 2.14. The van der Waals surface area contributed by atoms with Gasteiger partial charge in [0, 0.05) is 25.1 Å². The van der Waals surface area contributed by atoms with Crippen LogP contribution in [0.3, 0.4) is 0 Å². The van der Waals surface area contributed by atoms with Crippen LogP contribution in [-0.4, -0.2) is 21.9 Å². The van der Waals surface area contributed by atoms with E-state index in [-0.39, 0.29) is 0 Å². The van der Waals surface area contributed by atoms with Crippen molar-refractivity contribution in [3.8, 4) is 0 Å². The number of nitrogens with zero attached hydrogens (tertiary/aromatic N) is 3. The Morgan fingerprint density at radius 1 is 1.29 bits per heavy atom. The second kappa shape index (κ2) is 4.96. The third-order valence-electron chi connectivity index (χ3n) is 2.42. The van der Waals surface area contributed by atoms with Crippen molar-refractivity contribution in [2.24, 2.45) is 5.73 Å². The van der Waals surface area contributed by atoms with E-state index in [0.717, 1.165) is 17.0 Å².